The Morgan fingerprint density at radius 2 is 2.00 bits per heavy atom. The summed E-state index contributed by atoms with van der Waals surface area (Å²) in [6, 6.07) is 0.295. The predicted octanol–water partition coefficient (Wildman–Crippen LogP) is 0.869. The lowest BCUT2D eigenvalue weighted by atomic mass is 9.80. The highest BCUT2D eigenvalue weighted by atomic mass is 16.5. The zero-order valence-electron chi connectivity index (χ0n) is 11.2. The van der Waals surface area contributed by atoms with Crippen LogP contribution in [0.3, 0.4) is 0 Å². The van der Waals surface area contributed by atoms with Crippen LogP contribution in [0.15, 0.2) is 0 Å². The van der Waals surface area contributed by atoms with Crippen LogP contribution in [0.25, 0.3) is 0 Å². The van der Waals surface area contributed by atoms with Gasteiger partial charge in [-0.05, 0) is 58.8 Å². The van der Waals surface area contributed by atoms with Crippen molar-refractivity contribution in [1.29, 1.82) is 0 Å². The van der Waals surface area contributed by atoms with Crippen molar-refractivity contribution in [2.45, 2.75) is 31.7 Å². The van der Waals surface area contributed by atoms with E-state index in [1.807, 2.05) is 7.05 Å². The van der Waals surface area contributed by atoms with E-state index >= 15 is 0 Å². The second-order valence-electron chi connectivity index (χ2n) is 5.55. The Bertz CT molecular complexity index is 281. The van der Waals surface area contributed by atoms with Crippen molar-refractivity contribution in [1.82, 2.24) is 10.2 Å². The van der Waals surface area contributed by atoms with E-state index in [0.29, 0.717) is 12.0 Å². The lowest BCUT2D eigenvalue weighted by Gasteiger charge is -2.37. The van der Waals surface area contributed by atoms with Crippen LogP contribution in [-0.4, -0.2) is 51.2 Å². The third-order valence-corrected chi connectivity index (χ3v) is 4.52. The van der Waals surface area contributed by atoms with Crippen LogP contribution in [-0.2, 0) is 9.53 Å². The van der Waals surface area contributed by atoms with Gasteiger partial charge in [0.05, 0.1) is 12.5 Å². The molecule has 1 aliphatic heterocycles. The Hall–Kier alpha value is -0.610. The summed E-state index contributed by atoms with van der Waals surface area (Å²) in [4.78, 5) is 14.3. The quantitative estimate of drug-likeness (QED) is 0.740. The van der Waals surface area contributed by atoms with Crippen LogP contribution < -0.4 is 5.32 Å². The molecule has 17 heavy (non-hydrogen) atoms. The molecule has 0 bridgehead atoms. The molecule has 0 spiro atoms. The first-order valence-electron chi connectivity index (χ1n) is 6.58. The molecule has 0 aromatic rings. The van der Waals surface area contributed by atoms with Gasteiger partial charge in [-0.2, -0.15) is 0 Å². The number of rotatable bonds is 4. The van der Waals surface area contributed by atoms with E-state index in [-0.39, 0.29) is 11.4 Å². The minimum Gasteiger partial charge on any atom is -0.469 e. The molecule has 2 rings (SSSR count). The van der Waals surface area contributed by atoms with E-state index in [4.69, 9.17) is 4.74 Å². The van der Waals surface area contributed by atoms with E-state index < -0.39 is 0 Å². The first kappa shape index (κ1) is 12.8. The Kier molecular flexibility index (Phi) is 3.73. The maximum atomic E-state index is 11.9. The molecule has 4 nitrogen and oxygen atoms in total. The van der Waals surface area contributed by atoms with Crippen LogP contribution in [0.5, 0.6) is 0 Å². The van der Waals surface area contributed by atoms with E-state index in [0.717, 1.165) is 25.9 Å². The van der Waals surface area contributed by atoms with Crippen LogP contribution in [0.2, 0.25) is 0 Å². The monoisotopic (exact) mass is 240 g/mol. The van der Waals surface area contributed by atoms with Gasteiger partial charge in [0, 0.05) is 6.04 Å². The van der Waals surface area contributed by atoms with Gasteiger partial charge in [-0.25, -0.2) is 0 Å². The topological polar surface area (TPSA) is 41.6 Å². The lowest BCUT2D eigenvalue weighted by Crippen LogP contribution is -2.49. The molecule has 0 radical (unpaired) electrons. The summed E-state index contributed by atoms with van der Waals surface area (Å²) in [5, 5.41) is 3.39. The van der Waals surface area contributed by atoms with Crippen molar-refractivity contribution in [3.8, 4) is 0 Å². The number of carbonyl (C=O) groups is 1. The Balaban J connectivity index is 2.04. The molecule has 1 unspecified atom stereocenters. The van der Waals surface area contributed by atoms with Gasteiger partial charge in [0.1, 0.15) is 0 Å². The number of hydrogen-bond acceptors (Lipinski definition) is 4. The minimum absolute atomic E-state index is 0.0178. The van der Waals surface area contributed by atoms with Crippen molar-refractivity contribution in [2.24, 2.45) is 11.3 Å². The van der Waals surface area contributed by atoms with E-state index in [1.54, 1.807) is 0 Å². The average molecular weight is 240 g/mol. The Morgan fingerprint density at radius 3 is 2.41 bits per heavy atom. The number of nitrogens with zero attached hydrogens (tertiary/aromatic N) is 1. The number of carbonyl (C=O) groups excluding carboxylic acids is 1. The second-order valence-corrected chi connectivity index (χ2v) is 5.55. The first-order valence-corrected chi connectivity index (χ1v) is 6.58. The van der Waals surface area contributed by atoms with Gasteiger partial charge in [-0.15, -0.1) is 0 Å². The van der Waals surface area contributed by atoms with Crippen LogP contribution in [0.1, 0.15) is 25.7 Å². The largest absolute Gasteiger partial charge is 0.469 e. The third-order valence-electron chi connectivity index (χ3n) is 4.52. The zero-order chi connectivity index (χ0) is 12.5. The second kappa shape index (κ2) is 4.94. The van der Waals surface area contributed by atoms with Crippen molar-refractivity contribution < 1.29 is 9.53 Å². The van der Waals surface area contributed by atoms with Crippen LogP contribution >= 0.6 is 0 Å². The van der Waals surface area contributed by atoms with Gasteiger partial charge in [0.25, 0.3) is 0 Å². The SMILES string of the molecule is CNC(C1CCN(C)CC1)C1(C(=O)OC)CC1. The molecule has 1 heterocycles. The number of nitrogens with one attached hydrogen (secondary N) is 1. The fourth-order valence-corrected chi connectivity index (χ4v) is 3.31. The van der Waals surface area contributed by atoms with E-state index in [1.165, 1.54) is 20.0 Å². The summed E-state index contributed by atoms with van der Waals surface area (Å²) in [5.74, 6) is 0.591. The molecule has 98 valence electrons. The molecule has 1 atom stereocenters. The number of piperidine rings is 1. The molecule has 1 saturated carbocycles. The predicted molar refractivity (Wildman–Crippen MR) is 66.8 cm³/mol. The molecule has 2 aliphatic rings. The molecule has 0 aromatic carbocycles. The normalized spacial score (nSPS) is 26.5. The van der Waals surface area contributed by atoms with E-state index in [9.17, 15) is 4.79 Å². The summed E-state index contributed by atoms with van der Waals surface area (Å²) in [6.07, 6.45) is 4.33. The summed E-state index contributed by atoms with van der Waals surface area (Å²) >= 11 is 0. The van der Waals surface area contributed by atoms with Crippen LogP contribution in [0.4, 0.5) is 0 Å². The van der Waals surface area contributed by atoms with Gasteiger partial charge in [-0.3, -0.25) is 4.79 Å². The molecule has 4 heteroatoms. The van der Waals surface area contributed by atoms with Gasteiger partial charge >= 0.3 is 5.97 Å². The highest BCUT2D eigenvalue weighted by Crippen LogP contribution is 2.52. The molecule has 1 saturated heterocycles. The van der Waals surface area contributed by atoms with Crippen LogP contribution in [0, 0.1) is 11.3 Å². The number of methoxy groups -OCH3 is 1. The average Bonchev–Trinajstić information content (AvgIpc) is 3.13. The minimum atomic E-state index is -0.218. The number of esters is 1. The zero-order valence-corrected chi connectivity index (χ0v) is 11.2. The van der Waals surface area contributed by atoms with Crippen molar-refractivity contribution in [3.63, 3.8) is 0 Å². The third kappa shape index (κ3) is 2.33. The fraction of sp³-hybridized carbons (Fsp3) is 0.923. The maximum Gasteiger partial charge on any atom is 0.313 e. The van der Waals surface area contributed by atoms with Gasteiger partial charge in [-0.1, -0.05) is 0 Å². The first-order chi connectivity index (χ1) is 8.14. The molecule has 0 aromatic heterocycles. The Labute approximate surface area is 104 Å². The lowest BCUT2D eigenvalue weighted by molar-refractivity contribution is -0.149. The summed E-state index contributed by atoms with van der Waals surface area (Å²) in [6.45, 7) is 2.28. The Morgan fingerprint density at radius 1 is 1.41 bits per heavy atom. The highest BCUT2D eigenvalue weighted by molar-refractivity contribution is 5.80. The standard InChI is InChI=1S/C13H24N2O2/c1-14-11(10-4-8-15(2)9-5-10)13(6-7-13)12(16)17-3/h10-11,14H,4-9H2,1-3H3. The molecule has 1 N–H and O–H groups in total. The molecule has 1 aliphatic carbocycles. The van der Waals surface area contributed by atoms with Gasteiger partial charge in [0.15, 0.2) is 0 Å². The van der Waals surface area contributed by atoms with Crippen molar-refractivity contribution >= 4 is 5.97 Å². The van der Waals surface area contributed by atoms with Crippen molar-refractivity contribution in [3.05, 3.63) is 0 Å². The molecular formula is C13H24N2O2. The number of likely N-dealkylation sites (tertiary alicyclic amines) is 1. The van der Waals surface area contributed by atoms with Gasteiger partial charge < -0.3 is 15.0 Å². The molecule has 0 amide bonds. The van der Waals surface area contributed by atoms with Gasteiger partial charge in [0.2, 0.25) is 0 Å². The summed E-state index contributed by atoms with van der Waals surface area (Å²) in [5.41, 5.74) is -0.218. The number of ether oxygens (including phenoxy) is 1. The smallest absolute Gasteiger partial charge is 0.313 e. The fourth-order valence-electron chi connectivity index (χ4n) is 3.31. The maximum absolute atomic E-state index is 11.9. The van der Waals surface area contributed by atoms with Crippen molar-refractivity contribution in [2.75, 3.05) is 34.3 Å². The number of hydrogen-bond donors (Lipinski definition) is 1. The summed E-state index contributed by atoms with van der Waals surface area (Å²) < 4.78 is 4.98. The van der Waals surface area contributed by atoms with E-state index in [2.05, 4.69) is 17.3 Å². The molecular weight excluding hydrogens is 216 g/mol. The highest BCUT2D eigenvalue weighted by Gasteiger charge is 2.58. The molecule has 2 fully saturated rings. The summed E-state index contributed by atoms with van der Waals surface area (Å²) in [7, 11) is 5.65.